The molecule has 7 nitrogen and oxygen atoms in total. The van der Waals surface area contributed by atoms with Gasteiger partial charge in [-0.3, -0.25) is 9.59 Å². The highest BCUT2D eigenvalue weighted by Crippen LogP contribution is 2.23. The van der Waals surface area contributed by atoms with Crippen molar-refractivity contribution < 1.29 is 19.1 Å². The second kappa shape index (κ2) is 8.18. The number of carboxylic acids is 1. The molecular formula is C16H23FN4O3. The van der Waals surface area contributed by atoms with E-state index in [1.807, 2.05) is 6.92 Å². The second-order valence-corrected chi connectivity index (χ2v) is 5.83. The van der Waals surface area contributed by atoms with Crippen LogP contribution in [0.2, 0.25) is 0 Å². The summed E-state index contributed by atoms with van der Waals surface area (Å²) in [5, 5.41) is 17.9. The first-order chi connectivity index (χ1) is 11.4. The Morgan fingerprint density at radius 2 is 2.08 bits per heavy atom. The van der Waals surface area contributed by atoms with E-state index in [1.54, 1.807) is 6.07 Å². The van der Waals surface area contributed by atoms with Crippen molar-refractivity contribution in [3.63, 3.8) is 0 Å². The van der Waals surface area contributed by atoms with E-state index in [1.165, 1.54) is 6.07 Å². The molecule has 0 radical (unpaired) electrons. The zero-order chi connectivity index (χ0) is 17.7. The highest BCUT2D eigenvalue weighted by molar-refractivity contribution is 5.94. The van der Waals surface area contributed by atoms with Gasteiger partial charge in [-0.25, -0.2) is 4.39 Å². The number of carboxylic acid groups (broad SMARTS) is 1. The summed E-state index contributed by atoms with van der Waals surface area (Å²) in [4.78, 5) is 22.8. The number of hydrogen-bond acceptors (Lipinski definition) is 5. The molecule has 132 valence electrons. The van der Waals surface area contributed by atoms with Gasteiger partial charge in [0.15, 0.2) is 0 Å². The van der Waals surface area contributed by atoms with Crippen molar-refractivity contribution in [2.75, 3.05) is 19.6 Å². The third-order valence-electron chi connectivity index (χ3n) is 4.08. The molecule has 1 aliphatic rings. The van der Waals surface area contributed by atoms with Crippen molar-refractivity contribution in [1.29, 1.82) is 0 Å². The van der Waals surface area contributed by atoms with E-state index in [0.29, 0.717) is 5.56 Å². The number of aliphatic carboxylic acids is 1. The molecule has 0 bridgehead atoms. The van der Waals surface area contributed by atoms with Gasteiger partial charge in [-0.1, -0.05) is 6.92 Å². The van der Waals surface area contributed by atoms with Crippen molar-refractivity contribution in [2.45, 2.75) is 31.5 Å². The van der Waals surface area contributed by atoms with Crippen LogP contribution >= 0.6 is 0 Å². The molecule has 0 aliphatic carbocycles. The Hall–Kier alpha value is -2.03. The third kappa shape index (κ3) is 4.50. The van der Waals surface area contributed by atoms with Crippen LogP contribution < -0.4 is 21.7 Å². The molecule has 6 N–H and O–H groups in total. The summed E-state index contributed by atoms with van der Waals surface area (Å²) in [6.45, 7) is 3.41. The Kier molecular flexibility index (Phi) is 6.24. The molecule has 0 saturated carbocycles. The first-order valence-electron chi connectivity index (χ1n) is 7.96. The van der Waals surface area contributed by atoms with Gasteiger partial charge in [0.2, 0.25) is 0 Å². The quantitative estimate of drug-likeness (QED) is 0.498. The fraction of sp³-hybridized carbons (Fsp3) is 0.500. The lowest BCUT2D eigenvalue weighted by Gasteiger charge is -2.33. The summed E-state index contributed by atoms with van der Waals surface area (Å²) in [5.74, 6) is -2.27. The highest BCUT2D eigenvalue weighted by atomic mass is 19.1. The molecule has 3 atom stereocenters. The summed E-state index contributed by atoms with van der Waals surface area (Å²) < 4.78 is 14.0. The Bertz CT molecular complexity index is 611. The highest BCUT2D eigenvalue weighted by Gasteiger charge is 2.25. The average Bonchev–Trinajstić information content (AvgIpc) is 2.58. The number of nitrogens with two attached hydrogens (primary N) is 1. The van der Waals surface area contributed by atoms with E-state index in [2.05, 4.69) is 16.0 Å². The number of carbonyl (C=O) groups is 2. The Morgan fingerprint density at radius 3 is 2.75 bits per heavy atom. The first kappa shape index (κ1) is 18.3. The fourth-order valence-electron chi connectivity index (χ4n) is 2.79. The summed E-state index contributed by atoms with van der Waals surface area (Å²) in [7, 11) is 0. The molecule has 1 aromatic rings. The van der Waals surface area contributed by atoms with Crippen LogP contribution in [0.15, 0.2) is 18.2 Å². The predicted molar refractivity (Wildman–Crippen MR) is 87.2 cm³/mol. The summed E-state index contributed by atoms with van der Waals surface area (Å²) in [5.41, 5.74) is 6.17. The van der Waals surface area contributed by atoms with Gasteiger partial charge >= 0.3 is 5.97 Å². The van der Waals surface area contributed by atoms with Crippen molar-refractivity contribution in [3.8, 4) is 0 Å². The summed E-state index contributed by atoms with van der Waals surface area (Å²) >= 11 is 0. The summed E-state index contributed by atoms with van der Waals surface area (Å²) in [6.07, 6.45) is 0.864. The van der Waals surface area contributed by atoms with Gasteiger partial charge in [0.1, 0.15) is 11.9 Å². The van der Waals surface area contributed by atoms with Gasteiger partial charge < -0.3 is 26.8 Å². The van der Waals surface area contributed by atoms with E-state index in [0.717, 1.165) is 25.6 Å². The molecule has 1 amide bonds. The average molecular weight is 338 g/mol. The molecule has 1 heterocycles. The van der Waals surface area contributed by atoms with Gasteiger partial charge in [0.25, 0.3) is 5.91 Å². The monoisotopic (exact) mass is 338 g/mol. The number of piperazine rings is 1. The van der Waals surface area contributed by atoms with Gasteiger partial charge in [-0.05, 0) is 30.2 Å². The number of amides is 1. The smallest absolute Gasteiger partial charge is 0.322 e. The topological polar surface area (TPSA) is 116 Å². The maximum Gasteiger partial charge on any atom is 0.322 e. The van der Waals surface area contributed by atoms with Gasteiger partial charge in [-0.2, -0.15) is 0 Å². The molecule has 1 aromatic carbocycles. The number of nitrogens with one attached hydrogen (secondary N) is 3. The number of hydrogen-bond donors (Lipinski definition) is 5. The molecule has 24 heavy (non-hydrogen) atoms. The largest absolute Gasteiger partial charge is 0.480 e. The Labute approximate surface area is 139 Å². The Balaban J connectivity index is 2.15. The lowest BCUT2D eigenvalue weighted by atomic mass is 9.94. The molecule has 1 saturated heterocycles. The lowest BCUT2D eigenvalue weighted by molar-refractivity contribution is -0.138. The standard InChI is InChI=1S/C16H23FN4O3/c1-2-13-14(20-4-3-19-13)9-5-10(7-11(17)6-9)15(22)21-8-12(18)16(23)24/h5-7,12-14,19-20H,2-4,8,18H2,1H3,(H,21,22)(H,23,24)/t12-,13?,14?/m1/s1. The lowest BCUT2D eigenvalue weighted by Crippen LogP contribution is -2.50. The van der Waals surface area contributed by atoms with E-state index >= 15 is 0 Å². The number of rotatable bonds is 6. The minimum atomic E-state index is -1.21. The van der Waals surface area contributed by atoms with Gasteiger partial charge in [0.05, 0.1) is 0 Å². The number of carbonyl (C=O) groups excluding carboxylic acids is 1. The van der Waals surface area contributed by atoms with E-state index < -0.39 is 23.7 Å². The van der Waals surface area contributed by atoms with Crippen LogP contribution in [0.1, 0.15) is 35.3 Å². The zero-order valence-electron chi connectivity index (χ0n) is 13.5. The van der Waals surface area contributed by atoms with Crippen LogP contribution in [0, 0.1) is 5.82 Å². The maximum atomic E-state index is 14.0. The minimum absolute atomic E-state index is 0.0905. The van der Waals surface area contributed by atoms with Crippen molar-refractivity contribution in [1.82, 2.24) is 16.0 Å². The van der Waals surface area contributed by atoms with Crippen LogP contribution in [-0.2, 0) is 4.79 Å². The molecule has 2 unspecified atom stereocenters. The van der Waals surface area contributed by atoms with E-state index in [-0.39, 0.29) is 24.2 Å². The molecular weight excluding hydrogens is 315 g/mol. The summed E-state index contributed by atoms with van der Waals surface area (Å²) in [6, 6.07) is 3.02. The van der Waals surface area contributed by atoms with E-state index in [4.69, 9.17) is 10.8 Å². The maximum absolute atomic E-state index is 14.0. The second-order valence-electron chi connectivity index (χ2n) is 5.83. The minimum Gasteiger partial charge on any atom is -0.480 e. The van der Waals surface area contributed by atoms with Crippen LogP contribution in [0.25, 0.3) is 0 Å². The molecule has 1 aliphatic heterocycles. The molecule has 0 spiro atoms. The van der Waals surface area contributed by atoms with Gasteiger partial charge in [0, 0.05) is 37.3 Å². The van der Waals surface area contributed by atoms with Crippen molar-refractivity contribution >= 4 is 11.9 Å². The van der Waals surface area contributed by atoms with Crippen LogP contribution in [0.5, 0.6) is 0 Å². The normalized spacial score (nSPS) is 22.0. The van der Waals surface area contributed by atoms with Crippen LogP contribution in [0.4, 0.5) is 4.39 Å². The predicted octanol–water partition coefficient (Wildman–Crippen LogP) is -0.0201. The molecule has 0 aromatic heterocycles. The fourth-order valence-corrected chi connectivity index (χ4v) is 2.79. The molecule has 8 heteroatoms. The first-order valence-corrected chi connectivity index (χ1v) is 7.96. The van der Waals surface area contributed by atoms with Crippen molar-refractivity contribution in [3.05, 3.63) is 35.1 Å². The van der Waals surface area contributed by atoms with Gasteiger partial charge in [-0.15, -0.1) is 0 Å². The van der Waals surface area contributed by atoms with Crippen molar-refractivity contribution in [2.24, 2.45) is 5.73 Å². The third-order valence-corrected chi connectivity index (χ3v) is 4.08. The van der Waals surface area contributed by atoms with E-state index in [9.17, 15) is 14.0 Å². The molecule has 1 fully saturated rings. The van der Waals surface area contributed by atoms with Crippen LogP contribution in [0.3, 0.4) is 0 Å². The number of halogens is 1. The number of benzene rings is 1. The Morgan fingerprint density at radius 1 is 1.38 bits per heavy atom. The van der Waals surface area contributed by atoms with Crippen LogP contribution in [-0.4, -0.2) is 48.7 Å². The zero-order valence-corrected chi connectivity index (χ0v) is 13.5. The SMILES string of the molecule is CCC1NCCNC1c1cc(F)cc(C(=O)NC[C@@H](N)C(=O)O)c1. The molecule has 2 rings (SSSR count).